The first kappa shape index (κ1) is 13.0. The predicted octanol–water partition coefficient (Wildman–Crippen LogP) is 2.76. The fraction of sp³-hybridized carbons (Fsp3) is 0.500. The molecular formula is C12H14F3NO2. The van der Waals surface area contributed by atoms with Crippen LogP contribution < -0.4 is 10.1 Å². The molecule has 1 aliphatic rings. The molecule has 3 nitrogen and oxygen atoms in total. The topological polar surface area (TPSA) is 41.5 Å². The quantitative estimate of drug-likeness (QED) is 0.860. The summed E-state index contributed by atoms with van der Waals surface area (Å²) in [5, 5.41) is 12.4. The molecule has 2 rings (SSSR count). The highest BCUT2D eigenvalue weighted by atomic mass is 19.4. The average molecular weight is 261 g/mol. The third-order valence-corrected chi connectivity index (χ3v) is 3.00. The van der Waals surface area contributed by atoms with Crippen LogP contribution in [0.5, 0.6) is 11.5 Å². The van der Waals surface area contributed by atoms with Gasteiger partial charge in [-0.25, -0.2) is 0 Å². The summed E-state index contributed by atoms with van der Waals surface area (Å²) in [5.41, 5.74) is 0.506. The van der Waals surface area contributed by atoms with E-state index in [-0.39, 0.29) is 17.4 Å². The van der Waals surface area contributed by atoms with Gasteiger partial charge >= 0.3 is 6.36 Å². The lowest BCUT2D eigenvalue weighted by atomic mass is 9.89. The van der Waals surface area contributed by atoms with E-state index in [9.17, 15) is 18.3 Å². The molecule has 0 radical (unpaired) electrons. The van der Waals surface area contributed by atoms with Crippen LogP contribution in [-0.2, 0) is 0 Å². The summed E-state index contributed by atoms with van der Waals surface area (Å²) in [6.45, 7) is 1.55. The lowest BCUT2D eigenvalue weighted by molar-refractivity contribution is -0.275. The maximum atomic E-state index is 12.3. The van der Waals surface area contributed by atoms with Crippen molar-refractivity contribution in [1.82, 2.24) is 5.32 Å². The summed E-state index contributed by atoms with van der Waals surface area (Å²) in [6.07, 6.45) is -3.21. The summed E-state index contributed by atoms with van der Waals surface area (Å²) in [5.74, 6) is -0.495. The van der Waals surface area contributed by atoms with Gasteiger partial charge in [-0.1, -0.05) is 6.07 Å². The van der Waals surface area contributed by atoms with E-state index in [1.807, 2.05) is 0 Å². The van der Waals surface area contributed by atoms with E-state index in [4.69, 9.17) is 0 Å². The Balaban J connectivity index is 2.27. The summed E-state index contributed by atoms with van der Waals surface area (Å²) >= 11 is 0. The van der Waals surface area contributed by atoms with Gasteiger partial charge in [-0.2, -0.15) is 0 Å². The van der Waals surface area contributed by atoms with Gasteiger partial charge < -0.3 is 15.2 Å². The van der Waals surface area contributed by atoms with Gasteiger partial charge in [0.15, 0.2) is 0 Å². The smallest absolute Gasteiger partial charge is 0.508 e. The first-order valence-electron chi connectivity index (χ1n) is 5.75. The van der Waals surface area contributed by atoms with E-state index < -0.39 is 6.36 Å². The molecule has 18 heavy (non-hydrogen) atoms. The first-order valence-corrected chi connectivity index (χ1v) is 5.75. The second-order valence-electron chi connectivity index (χ2n) is 4.29. The fourth-order valence-corrected chi connectivity index (χ4v) is 2.21. The highest BCUT2D eigenvalue weighted by Gasteiger charge is 2.33. The van der Waals surface area contributed by atoms with Crippen molar-refractivity contribution >= 4 is 0 Å². The molecule has 0 aromatic heterocycles. The number of phenolic OH excluding ortho intramolecular Hbond substituents is 1. The number of hydrogen-bond acceptors (Lipinski definition) is 3. The zero-order valence-corrected chi connectivity index (χ0v) is 9.63. The van der Waals surface area contributed by atoms with Crippen molar-refractivity contribution in [2.24, 2.45) is 0 Å². The molecular weight excluding hydrogens is 247 g/mol. The maximum absolute atomic E-state index is 12.3. The van der Waals surface area contributed by atoms with Crippen molar-refractivity contribution in [2.75, 3.05) is 13.1 Å². The van der Waals surface area contributed by atoms with Gasteiger partial charge in [-0.15, -0.1) is 13.2 Å². The fourth-order valence-electron chi connectivity index (χ4n) is 2.21. The van der Waals surface area contributed by atoms with Crippen LogP contribution in [0.2, 0.25) is 0 Å². The van der Waals surface area contributed by atoms with Gasteiger partial charge in [0.2, 0.25) is 0 Å². The van der Waals surface area contributed by atoms with E-state index in [1.54, 1.807) is 0 Å². The van der Waals surface area contributed by atoms with Crippen LogP contribution in [0.25, 0.3) is 0 Å². The van der Waals surface area contributed by atoms with Crippen LogP contribution in [0.15, 0.2) is 18.2 Å². The van der Waals surface area contributed by atoms with Crippen molar-refractivity contribution in [2.45, 2.75) is 25.1 Å². The van der Waals surface area contributed by atoms with Crippen molar-refractivity contribution in [3.8, 4) is 11.5 Å². The molecule has 1 heterocycles. The third kappa shape index (κ3) is 3.29. The average Bonchev–Trinajstić information content (AvgIpc) is 2.28. The van der Waals surface area contributed by atoms with E-state index in [0.29, 0.717) is 5.56 Å². The number of rotatable bonds is 2. The Kier molecular flexibility index (Phi) is 3.65. The van der Waals surface area contributed by atoms with Crippen molar-refractivity contribution in [3.63, 3.8) is 0 Å². The third-order valence-electron chi connectivity index (χ3n) is 3.00. The van der Waals surface area contributed by atoms with Gasteiger partial charge in [0.25, 0.3) is 0 Å². The minimum atomic E-state index is -4.74. The minimum Gasteiger partial charge on any atom is -0.508 e. The largest absolute Gasteiger partial charge is 0.573 e. The van der Waals surface area contributed by atoms with Crippen LogP contribution in [0.1, 0.15) is 24.3 Å². The molecule has 100 valence electrons. The summed E-state index contributed by atoms with van der Waals surface area (Å²) < 4.78 is 40.9. The van der Waals surface area contributed by atoms with Gasteiger partial charge in [0, 0.05) is 6.07 Å². The van der Waals surface area contributed by atoms with Crippen LogP contribution in [0, 0.1) is 0 Å². The second kappa shape index (κ2) is 5.06. The Labute approximate surface area is 103 Å². The molecule has 1 fully saturated rings. The Bertz CT molecular complexity index is 414. The molecule has 0 atom stereocenters. The monoisotopic (exact) mass is 261 g/mol. The highest BCUT2D eigenvalue weighted by molar-refractivity contribution is 5.42. The normalized spacial score (nSPS) is 17.7. The number of phenols is 1. The van der Waals surface area contributed by atoms with Gasteiger partial charge in [0.05, 0.1) is 0 Å². The summed E-state index contributed by atoms with van der Waals surface area (Å²) in [6, 6.07) is 3.91. The van der Waals surface area contributed by atoms with Crippen molar-refractivity contribution in [1.29, 1.82) is 0 Å². The lowest BCUT2D eigenvalue weighted by Gasteiger charge is -2.25. The number of aromatic hydroxyl groups is 1. The Morgan fingerprint density at radius 1 is 1.22 bits per heavy atom. The number of benzene rings is 1. The van der Waals surface area contributed by atoms with Gasteiger partial charge in [0.1, 0.15) is 11.5 Å². The number of nitrogens with one attached hydrogen (secondary N) is 1. The van der Waals surface area contributed by atoms with Gasteiger partial charge in [-0.05, 0) is 43.5 Å². The summed E-state index contributed by atoms with van der Waals surface area (Å²) in [4.78, 5) is 0. The molecule has 0 spiro atoms. The molecule has 2 N–H and O–H groups in total. The molecule has 0 saturated carbocycles. The zero-order valence-electron chi connectivity index (χ0n) is 9.63. The van der Waals surface area contributed by atoms with E-state index in [0.717, 1.165) is 32.0 Å². The van der Waals surface area contributed by atoms with E-state index >= 15 is 0 Å². The standard InChI is InChI=1S/C12H14F3NO2/c13-12(14,15)18-11-7-9(17)1-2-10(11)8-3-5-16-6-4-8/h1-2,7-8,16-17H,3-6H2. The van der Waals surface area contributed by atoms with Crippen LogP contribution in [0.3, 0.4) is 0 Å². The summed E-state index contributed by atoms with van der Waals surface area (Å²) in [7, 11) is 0. The number of hydrogen-bond donors (Lipinski definition) is 2. The van der Waals surface area contributed by atoms with Crippen LogP contribution >= 0.6 is 0 Å². The minimum absolute atomic E-state index is 0.0317. The number of alkyl halides is 3. The van der Waals surface area contributed by atoms with E-state index in [1.165, 1.54) is 12.1 Å². The molecule has 1 aromatic carbocycles. The first-order chi connectivity index (χ1) is 8.46. The zero-order chi connectivity index (χ0) is 13.2. The molecule has 1 aromatic rings. The lowest BCUT2D eigenvalue weighted by Crippen LogP contribution is -2.27. The molecule has 0 bridgehead atoms. The predicted molar refractivity (Wildman–Crippen MR) is 59.6 cm³/mol. The number of piperidine rings is 1. The maximum Gasteiger partial charge on any atom is 0.573 e. The molecule has 0 amide bonds. The molecule has 0 aliphatic carbocycles. The SMILES string of the molecule is Oc1ccc(C2CCNCC2)c(OC(F)(F)F)c1. The Morgan fingerprint density at radius 3 is 2.50 bits per heavy atom. The molecule has 1 saturated heterocycles. The molecule has 0 unspecified atom stereocenters. The van der Waals surface area contributed by atoms with Gasteiger partial charge in [-0.3, -0.25) is 0 Å². The second-order valence-corrected chi connectivity index (χ2v) is 4.29. The van der Waals surface area contributed by atoms with Crippen LogP contribution in [-0.4, -0.2) is 24.6 Å². The van der Waals surface area contributed by atoms with Crippen LogP contribution in [0.4, 0.5) is 13.2 Å². The van der Waals surface area contributed by atoms with E-state index in [2.05, 4.69) is 10.1 Å². The molecule has 6 heteroatoms. The van der Waals surface area contributed by atoms with Crippen molar-refractivity contribution in [3.05, 3.63) is 23.8 Å². The Hall–Kier alpha value is -1.43. The number of halogens is 3. The Morgan fingerprint density at radius 2 is 1.89 bits per heavy atom. The van der Waals surface area contributed by atoms with Crippen molar-refractivity contribution < 1.29 is 23.0 Å². The number of ether oxygens (including phenoxy) is 1. The molecule has 1 aliphatic heterocycles. The highest BCUT2D eigenvalue weighted by Crippen LogP contribution is 2.37.